The molecule has 1 N–H and O–H groups in total. The summed E-state index contributed by atoms with van der Waals surface area (Å²) in [5.41, 5.74) is 0.248. The highest BCUT2D eigenvalue weighted by Crippen LogP contribution is 2.22. The Kier molecular flexibility index (Phi) is 3.93. The number of amides is 1. The lowest BCUT2D eigenvalue weighted by atomic mass is 10.2. The summed E-state index contributed by atoms with van der Waals surface area (Å²) in [7, 11) is 1.52. The first-order chi connectivity index (χ1) is 7.81. The van der Waals surface area contributed by atoms with E-state index in [0.29, 0.717) is 11.6 Å². The number of hydrogen-bond donors (Lipinski definition) is 1. The Labute approximate surface area is 101 Å². The average molecular weight is 238 g/mol. The maximum Gasteiger partial charge on any atom is 0.413 e. The Balaban J connectivity index is 2.80. The molecule has 0 atom stereocenters. The van der Waals surface area contributed by atoms with Crippen molar-refractivity contribution in [1.29, 1.82) is 0 Å². The second kappa shape index (κ2) is 5.03. The van der Waals surface area contributed by atoms with Crippen LogP contribution in [0, 0.1) is 6.92 Å². The molecule has 0 spiro atoms. The molecule has 0 aromatic carbocycles. The van der Waals surface area contributed by atoms with Gasteiger partial charge in [0.1, 0.15) is 5.60 Å². The highest BCUT2D eigenvalue weighted by Gasteiger charge is 2.18. The smallest absolute Gasteiger partial charge is 0.413 e. The molecular weight excluding hydrogens is 220 g/mol. The van der Waals surface area contributed by atoms with Gasteiger partial charge in [-0.3, -0.25) is 5.32 Å². The molecule has 0 saturated carbocycles. The number of anilines is 1. The monoisotopic (exact) mass is 238 g/mol. The summed E-state index contributed by atoms with van der Waals surface area (Å²) >= 11 is 0. The van der Waals surface area contributed by atoms with Crippen LogP contribution in [0.3, 0.4) is 0 Å². The number of ether oxygens (including phenoxy) is 2. The zero-order valence-corrected chi connectivity index (χ0v) is 10.8. The SMILES string of the molecule is COc1ccc(C)nc1NC(=O)OC(C)(C)C. The largest absolute Gasteiger partial charge is 0.493 e. The van der Waals surface area contributed by atoms with E-state index in [-0.39, 0.29) is 0 Å². The third-order valence-corrected chi connectivity index (χ3v) is 1.84. The van der Waals surface area contributed by atoms with Crippen LogP contribution in [0.2, 0.25) is 0 Å². The van der Waals surface area contributed by atoms with E-state index in [1.54, 1.807) is 32.9 Å². The number of rotatable bonds is 2. The minimum Gasteiger partial charge on any atom is -0.493 e. The zero-order chi connectivity index (χ0) is 13.1. The summed E-state index contributed by atoms with van der Waals surface area (Å²) in [6, 6.07) is 3.55. The van der Waals surface area contributed by atoms with Crippen LogP contribution in [0.5, 0.6) is 5.75 Å². The van der Waals surface area contributed by atoms with Gasteiger partial charge in [0.2, 0.25) is 0 Å². The van der Waals surface area contributed by atoms with E-state index in [0.717, 1.165) is 5.69 Å². The Hall–Kier alpha value is -1.78. The van der Waals surface area contributed by atoms with Gasteiger partial charge in [-0.2, -0.15) is 0 Å². The standard InChI is InChI=1S/C12H18N2O3/c1-8-6-7-9(16-5)10(13-8)14-11(15)17-12(2,3)4/h6-7H,1-5H3,(H,13,14,15). The van der Waals surface area contributed by atoms with Crippen LogP contribution in [0.15, 0.2) is 12.1 Å². The quantitative estimate of drug-likeness (QED) is 0.860. The van der Waals surface area contributed by atoms with Gasteiger partial charge in [0.15, 0.2) is 11.6 Å². The van der Waals surface area contributed by atoms with Gasteiger partial charge >= 0.3 is 6.09 Å². The number of pyridine rings is 1. The number of hydrogen-bond acceptors (Lipinski definition) is 4. The molecule has 17 heavy (non-hydrogen) atoms. The number of carbonyl (C=O) groups excluding carboxylic acids is 1. The Morgan fingerprint density at radius 1 is 1.35 bits per heavy atom. The summed E-state index contributed by atoms with van der Waals surface area (Å²) in [4.78, 5) is 15.8. The third kappa shape index (κ3) is 4.30. The summed E-state index contributed by atoms with van der Waals surface area (Å²) < 4.78 is 10.2. The molecule has 0 aliphatic rings. The molecular formula is C12H18N2O3. The molecule has 1 aromatic rings. The number of methoxy groups -OCH3 is 1. The van der Waals surface area contributed by atoms with Gasteiger partial charge in [-0.1, -0.05) is 0 Å². The first kappa shape index (κ1) is 13.3. The molecule has 0 bridgehead atoms. The van der Waals surface area contributed by atoms with Crippen molar-refractivity contribution in [2.45, 2.75) is 33.3 Å². The molecule has 5 nitrogen and oxygen atoms in total. The van der Waals surface area contributed by atoms with Crippen LogP contribution in [0.1, 0.15) is 26.5 Å². The Bertz CT molecular complexity index is 411. The molecule has 0 fully saturated rings. The lowest BCUT2D eigenvalue weighted by Crippen LogP contribution is -2.27. The van der Waals surface area contributed by atoms with Gasteiger partial charge in [-0.05, 0) is 39.8 Å². The number of aromatic nitrogens is 1. The molecule has 1 rings (SSSR count). The minimum atomic E-state index is -0.547. The molecule has 1 heterocycles. The lowest BCUT2D eigenvalue weighted by Gasteiger charge is -2.20. The van der Waals surface area contributed by atoms with Crippen molar-refractivity contribution >= 4 is 11.9 Å². The van der Waals surface area contributed by atoms with Gasteiger partial charge in [-0.15, -0.1) is 0 Å². The lowest BCUT2D eigenvalue weighted by molar-refractivity contribution is 0.0635. The van der Waals surface area contributed by atoms with Crippen LogP contribution in [0.4, 0.5) is 10.6 Å². The highest BCUT2D eigenvalue weighted by atomic mass is 16.6. The third-order valence-electron chi connectivity index (χ3n) is 1.84. The van der Waals surface area contributed by atoms with Crippen molar-refractivity contribution in [3.63, 3.8) is 0 Å². The summed E-state index contributed by atoms with van der Waals surface area (Å²) in [6.45, 7) is 7.23. The van der Waals surface area contributed by atoms with E-state index in [2.05, 4.69) is 10.3 Å². The van der Waals surface area contributed by atoms with Gasteiger partial charge in [0.05, 0.1) is 7.11 Å². The molecule has 5 heteroatoms. The predicted octanol–water partition coefficient (Wildman–Crippen LogP) is 2.75. The van der Waals surface area contributed by atoms with Gasteiger partial charge in [-0.25, -0.2) is 9.78 Å². The highest BCUT2D eigenvalue weighted by molar-refractivity contribution is 5.85. The van der Waals surface area contributed by atoms with Crippen LogP contribution in [-0.2, 0) is 4.74 Å². The van der Waals surface area contributed by atoms with Crippen LogP contribution < -0.4 is 10.1 Å². The summed E-state index contributed by atoms with van der Waals surface area (Å²) in [5, 5.41) is 2.56. The number of carbonyl (C=O) groups is 1. The number of aryl methyl sites for hydroxylation is 1. The van der Waals surface area contributed by atoms with E-state index in [1.807, 2.05) is 6.92 Å². The topological polar surface area (TPSA) is 60.5 Å². The number of nitrogens with zero attached hydrogens (tertiary/aromatic N) is 1. The normalized spacial score (nSPS) is 10.9. The van der Waals surface area contributed by atoms with E-state index in [4.69, 9.17) is 9.47 Å². The van der Waals surface area contributed by atoms with Crippen molar-refractivity contribution < 1.29 is 14.3 Å². The van der Waals surface area contributed by atoms with E-state index >= 15 is 0 Å². The van der Waals surface area contributed by atoms with Crippen molar-refractivity contribution in [3.8, 4) is 5.75 Å². The average Bonchev–Trinajstić information content (AvgIpc) is 2.14. The fourth-order valence-electron chi connectivity index (χ4n) is 1.20. The maximum atomic E-state index is 11.6. The molecule has 0 saturated heterocycles. The molecule has 0 aliphatic heterocycles. The fourth-order valence-corrected chi connectivity index (χ4v) is 1.20. The summed E-state index contributed by atoms with van der Waals surface area (Å²) in [5.74, 6) is 0.864. The zero-order valence-electron chi connectivity index (χ0n) is 10.8. The Morgan fingerprint density at radius 3 is 2.53 bits per heavy atom. The first-order valence-electron chi connectivity index (χ1n) is 5.33. The van der Waals surface area contributed by atoms with E-state index in [9.17, 15) is 4.79 Å². The number of nitrogens with one attached hydrogen (secondary N) is 1. The van der Waals surface area contributed by atoms with Crippen molar-refractivity contribution in [2.24, 2.45) is 0 Å². The van der Waals surface area contributed by atoms with E-state index < -0.39 is 11.7 Å². The molecule has 1 amide bonds. The van der Waals surface area contributed by atoms with Crippen molar-refractivity contribution in [3.05, 3.63) is 17.8 Å². The maximum absolute atomic E-state index is 11.6. The van der Waals surface area contributed by atoms with Crippen molar-refractivity contribution in [2.75, 3.05) is 12.4 Å². The van der Waals surface area contributed by atoms with Gasteiger partial charge < -0.3 is 9.47 Å². The Morgan fingerprint density at radius 2 is 2.00 bits per heavy atom. The second-order valence-corrected chi connectivity index (χ2v) is 4.63. The second-order valence-electron chi connectivity index (χ2n) is 4.63. The molecule has 0 unspecified atom stereocenters. The van der Waals surface area contributed by atoms with Crippen LogP contribution >= 0.6 is 0 Å². The van der Waals surface area contributed by atoms with Gasteiger partial charge in [0, 0.05) is 5.69 Å². The van der Waals surface area contributed by atoms with Crippen LogP contribution in [-0.4, -0.2) is 23.8 Å². The summed E-state index contributed by atoms with van der Waals surface area (Å²) in [6.07, 6.45) is -0.547. The minimum absolute atomic E-state index is 0.363. The molecule has 1 aromatic heterocycles. The fraction of sp³-hybridized carbons (Fsp3) is 0.500. The van der Waals surface area contributed by atoms with Gasteiger partial charge in [0.25, 0.3) is 0 Å². The van der Waals surface area contributed by atoms with E-state index in [1.165, 1.54) is 7.11 Å². The first-order valence-corrected chi connectivity index (χ1v) is 5.33. The molecule has 0 radical (unpaired) electrons. The predicted molar refractivity (Wildman–Crippen MR) is 65.4 cm³/mol. The molecule has 94 valence electrons. The van der Waals surface area contributed by atoms with Crippen LogP contribution in [0.25, 0.3) is 0 Å². The molecule has 0 aliphatic carbocycles. The van der Waals surface area contributed by atoms with Crippen molar-refractivity contribution in [1.82, 2.24) is 4.98 Å².